The number of benzene rings is 1. The van der Waals surface area contributed by atoms with E-state index in [9.17, 15) is 9.59 Å². The molecule has 0 radical (unpaired) electrons. The molecular weight excluding hydrogens is 258 g/mol. The third-order valence-corrected chi connectivity index (χ3v) is 2.61. The molecule has 2 rings (SSSR count). The zero-order valence-electron chi connectivity index (χ0n) is 10.7. The van der Waals surface area contributed by atoms with Crippen LogP contribution in [0.3, 0.4) is 0 Å². The molecule has 1 heterocycles. The fraction of sp³-hybridized carbons (Fsp3) is 0.154. The first-order chi connectivity index (χ1) is 9.72. The van der Waals surface area contributed by atoms with E-state index in [0.29, 0.717) is 29.9 Å². The maximum Gasteiger partial charge on any atom is 0.258 e. The van der Waals surface area contributed by atoms with Crippen LogP contribution < -0.4 is 16.4 Å². The highest BCUT2D eigenvalue weighted by Gasteiger charge is 2.13. The number of aromatic amines is 1. The van der Waals surface area contributed by atoms with Gasteiger partial charge in [-0.15, -0.1) is 0 Å². The second-order valence-corrected chi connectivity index (χ2v) is 4.03. The van der Waals surface area contributed by atoms with Crippen LogP contribution in [-0.2, 0) is 0 Å². The van der Waals surface area contributed by atoms with Crippen LogP contribution in [0.5, 0.6) is 0 Å². The second kappa shape index (κ2) is 6.48. The lowest BCUT2D eigenvalue weighted by molar-refractivity contribution is 0.0955. The molecule has 1 aromatic heterocycles. The third kappa shape index (κ3) is 3.21. The van der Waals surface area contributed by atoms with Gasteiger partial charge in [-0.05, 0) is 12.1 Å². The lowest BCUT2D eigenvalue weighted by Gasteiger charge is -2.10. The van der Waals surface area contributed by atoms with Crippen molar-refractivity contribution in [1.29, 1.82) is 0 Å². The van der Waals surface area contributed by atoms with Crippen molar-refractivity contribution in [1.82, 2.24) is 15.5 Å². The zero-order valence-corrected chi connectivity index (χ0v) is 10.7. The van der Waals surface area contributed by atoms with Gasteiger partial charge in [0.25, 0.3) is 11.8 Å². The van der Waals surface area contributed by atoms with Crippen molar-refractivity contribution in [2.24, 2.45) is 5.73 Å². The summed E-state index contributed by atoms with van der Waals surface area (Å²) >= 11 is 0. The number of amides is 2. The summed E-state index contributed by atoms with van der Waals surface area (Å²) in [7, 11) is 0. The summed E-state index contributed by atoms with van der Waals surface area (Å²) in [5, 5.41) is 11.6. The molecule has 0 bridgehead atoms. The monoisotopic (exact) mass is 273 g/mol. The SMILES string of the molecule is NCCNC(=O)c1ccccc1NC(=O)c1cn[nH]c1. The largest absolute Gasteiger partial charge is 0.351 e. The minimum atomic E-state index is -0.335. The van der Waals surface area contributed by atoms with Crippen molar-refractivity contribution in [2.45, 2.75) is 0 Å². The molecule has 2 aromatic rings. The van der Waals surface area contributed by atoms with E-state index < -0.39 is 0 Å². The predicted octanol–water partition coefficient (Wildman–Crippen LogP) is 0.350. The normalized spacial score (nSPS) is 10.1. The van der Waals surface area contributed by atoms with Gasteiger partial charge in [0.2, 0.25) is 0 Å². The molecule has 0 fully saturated rings. The van der Waals surface area contributed by atoms with Crippen LogP contribution in [0.1, 0.15) is 20.7 Å². The van der Waals surface area contributed by atoms with E-state index in [1.54, 1.807) is 24.3 Å². The standard InChI is InChI=1S/C13H15N5O2/c14-5-6-15-13(20)10-3-1-2-4-11(10)18-12(19)9-7-16-17-8-9/h1-4,7-8H,5-6,14H2,(H,15,20)(H,16,17)(H,18,19). The number of rotatable bonds is 5. The number of aromatic nitrogens is 2. The Morgan fingerprint density at radius 1 is 1.25 bits per heavy atom. The van der Waals surface area contributed by atoms with Gasteiger partial charge in [0, 0.05) is 19.3 Å². The summed E-state index contributed by atoms with van der Waals surface area (Å²) in [6.45, 7) is 0.734. The Labute approximate surface area is 115 Å². The molecule has 5 N–H and O–H groups in total. The topological polar surface area (TPSA) is 113 Å². The van der Waals surface area contributed by atoms with E-state index in [-0.39, 0.29) is 11.8 Å². The molecule has 0 aliphatic rings. The van der Waals surface area contributed by atoms with E-state index in [4.69, 9.17) is 5.73 Å². The summed E-state index contributed by atoms with van der Waals surface area (Å²) in [5.41, 5.74) is 6.56. The number of hydrogen-bond donors (Lipinski definition) is 4. The molecule has 7 nitrogen and oxygen atoms in total. The van der Waals surface area contributed by atoms with Gasteiger partial charge in [-0.25, -0.2) is 0 Å². The van der Waals surface area contributed by atoms with Crippen molar-refractivity contribution >= 4 is 17.5 Å². The number of nitrogens with one attached hydrogen (secondary N) is 3. The van der Waals surface area contributed by atoms with Crippen LogP contribution in [0.2, 0.25) is 0 Å². The fourth-order valence-electron chi connectivity index (χ4n) is 1.64. The van der Waals surface area contributed by atoms with E-state index in [2.05, 4.69) is 20.8 Å². The Hall–Kier alpha value is -2.67. The van der Waals surface area contributed by atoms with Crippen LogP contribution >= 0.6 is 0 Å². The molecule has 0 unspecified atom stereocenters. The number of carbonyl (C=O) groups is 2. The molecule has 2 amide bonds. The maximum absolute atomic E-state index is 12.0. The van der Waals surface area contributed by atoms with Gasteiger partial charge in [0.1, 0.15) is 0 Å². The highest BCUT2D eigenvalue weighted by atomic mass is 16.2. The van der Waals surface area contributed by atoms with Crippen molar-refractivity contribution in [3.8, 4) is 0 Å². The molecule has 0 aliphatic heterocycles. The highest BCUT2D eigenvalue weighted by Crippen LogP contribution is 2.15. The number of nitrogens with zero attached hydrogens (tertiary/aromatic N) is 1. The first-order valence-electron chi connectivity index (χ1n) is 6.10. The van der Waals surface area contributed by atoms with Gasteiger partial charge < -0.3 is 16.4 Å². The minimum absolute atomic E-state index is 0.279. The van der Waals surface area contributed by atoms with E-state index in [0.717, 1.165) is 0 Å². The minimum Gasteiger partial charge on any atom is -0.351 e. The summed E-state index contributed by atoms with van der Waals surface area (Å²) in [6, 6.07) is 6.77. The Morgan fingerprint density at radius 2 is 2.05 bits per heavy atom. The van der Waals surface area contributed by atoms with Crippen LogP contribution in [0.15, 0.2) is 36.7 Å². The smallest absolute Gasteiger partial charge is 0.258 e. The van der Waals surface area contributed by atoms with Gasteiger partial charge in [0.05, 0.1) is 23.0 Å². The van der Waals surface area contributed by atoms with Crippen LogP contribution in [0.4, 0.5) is 5.69 Å². The molecule has 0 spiro atoms. The average Bonchev–Trinajstić information content (AvgIpc) is 2.99. The molecular formula is C13H15N5O2. The lowest BCUT2D eigenvalue weighted by atomic mass is 10.1. The fourth-order valence-corrected chi connectivity index (χ4v) is 1.64. The highest BCUT2D eigenvalue weighted by molar-refractivity contribution is 6.08. The van der Waals surface area contributed by atoms with Crippen LogP contribution in [-0.4, -0.2) is 35.1 Å². The Morgan fingerprint density at radius 3 is 2.75 bits per heavy atom. The Kier molecular flexibility index (Phi) is 4.46. The maximum atomic E-state index is 12.0. The van der Waals surface area contributed by atoms with Gasteiger partial charge >= 0.3 is 0 Å². The number of nitrogens with two attached hydrogens (primary N) is 1. The Balaban J connectivity index is 2.15. The molecule has 1 aromatic carbocycles. The molecule has 0 atom stereocenters. The van der Waals surface area contributed by atoms with Crippen molar-refractivity contribution in [2.75, 3.05) is 18.4 Å². The van der Waals surface area contributed by atoms with Crippen molar-refractivity contribution < 1.29 is 9.59 Å². The molecule has 104 valence electrons. The molecule has 0 aliphatic carbocycles. The molecule has 7 heteroatoms. The predicted molar refractivity (Wildman–Crippen MR) is 74.4 cm³/mol. The summed E-state index contributed by atoms with van der Waals surface area (Å²) in [6.07, 6.45) is 2.89. The van der Waals surface area contributed by atoms with Gasteiger partial charge in [-0.3, -0.25) is 14.7 Å². The number of para-hydroxylation sites is 1. The lowest BCUT2D eigenvalue weighted by Crippen LogP contribution is -2.29. The van der Waals surface area contributed by atoms with E-state index >= 15 is 0 Å². The number of carbonyl (C=O) groups excluding carboxylic acids is 2. The molecule has 0 saturated carbocycles. The van der Waals surface area contributed by atoms with Gasteiger partial charge in [0.15, 0.2) is 0 Å². The molecule has 0 saturated heterocycles. The number of anilines is 1. The van der Waals surface area contributed by atoms with Crippen LogP contribution in [0, 0.1) is 0 Å². The van der Waals surface area contributed by atoms with Crippen LogP contribution in [0.25, 0.3) is 0 Å². The second-order valence-electron chi connectivity index (χ2n) is 4.03. The van der Waals surface area contributed by atoms with Crippen molar-refractivity contribution in [3.05, 3.63) is 47.8 Å². The zero-order chi connectivity index (χ0) is 14.4. The van der Waals surface area contributed by atoms with Gasteiger partial charge in [-0.1, -0.05) is 12.1 Å². The third-order valence-electron chi connectivity index (χ3n) is 2.61. The number of H-pyrrole nitrogens is 1. The Bertz CT molecular complexity index is 595. The molecule has 20 heavy (non-hydrogen) atoms. The quantitative estimate of drug-likeness (QED) is 0.629. The van der Waals surface area contributed by atoms with E-state index in [1.807, 2.05) is 0 Å². The van der Waals surface area contributed by atoms with Crippen molar-refractivity contribution in [3.63, 3.8) is 0 Å². The van der Waals surface area contributed by atoms with Gasteiger partial charge in [-0.2, -0.15) is 5.10 Å². The first-order valence-corrected chi connectivity index (χ1v) is 6.10. The first kappa shape index (κ1) is 13.8. The summed E-state index contributed by atoms with van der Waals surface area (Å²) in [5.74, 6) is -0.614. The number of hydrogen-bond acceptors (Lipinski definition) is 4. The summed E-state index contributed by atoms with van der Waals surface area (Å²) in [4.78, 5) is 23.9. The summed E-state index contributed by atoms with van der Waals surface area (Å²) < 4.78 is 0. The average molecular weight is 273 g/mol. The van der Waals surface area contributed by atoms with E-state index in [1.165, 1.54) is 12.4 Å².